The topological polar surface area (TPSA) is 121 Å². The van der Waals surface area contributed by atoms with Crippen LogP contribution in [-0.4, -0.2) is 30.2 Å². The number of ketones is 2. The number of carbonyl (C=O) groups is 2. The van der Waals surface area contributed by atoms with Crippen LogP contribution in [0.1, 0.15) is 31.8 Å². The first-order valence-corrected chi connectivity index (χ1v) is 11.1. The Morgan fingerprint density at radius 2 is 1.31 bits per heavy atom. The summed E-state index contributed by atoms with van der Waals surface area (Å²) >= 11 is 0. The lowest BCUT2D eigenvalue weighted by atomic mass is 9.83. The molecule has 5 rings (SSSR count). The summed E-state index contributed by atoms with van der Waals surface area (Å²) in [5.74, 6) is -2.89. The molecule has 0 radical (unpaired) electrons. The number of benzene rings is 4. The van der Waals surface area contributed by atoms with Gasteiger partial charge in [0, 0.05) is 22.1 Å². The maximum atomic E-state index is 13.1. The molecular formula is C24H15NO6S. The molecule has 0 aliphatic heterocycles. The number of phenols is 2. The second kappa shape index (κ2) is 6.93. The zero-order valence-electron chi connectivity index (χ0n) is 16.4. The van der Waals surface area contributed by atoms with E-state index in [1.54, 1.807) is 48.5 Å². The van der Waals surface area contributed by atoms with E-state index in [1.165, 1.54) is 18.2 Å². The number of anilines is 1. The first-order valence-electron chi connectivity index (χ1n) is 9.57. The van der Waals surface area contributed by atoms with Crippen molar-refractivity contribution in [3.05, 3.63) is 95.1 Å². The van der Waals surface area contributed by atoms with Crippen LogP contribution in [0.15, 0.2) is 77.7 Å². The third-order valence-electron chi connectivity index (χ3n) is 5.45. The predicted octanol–water partition coefficient (Wildman–Crippen LogP) is 3.83. The van der Waals surface area contributed by atoms with Gasteiger partial charge in [-0.3, -0.25) is 14.3 Å². The molecule has 32 heavy (non-hydrogen) atoms. The van der Waals surface area contributed by atoms with E-state index in [-0.39, 0.29) is 27.1 Å². The van der Waals surface area contributed by atoms with Gasteiger partial charge in [0.15, 0.2) is 23.1 Å². The molecule has 4 aromatic rings. The Balaban J connectivity index is 1.65. The van der Waals surface area contributed by atoms with Crippen molar-refractivity contribution in [2.75, 3.05) is 4.72 Å². The summed E-state index contributed by atoms with van der Waals surface area (Å²) in [6.45, 7) is 0. The van der Waals surface area contributed by atoms with Crippen molar-refractivity contribution in [2.24, 2.45) is 0 Å². The quantitative estimate of drug-likeness (QED) is 0.363. The largest absolute Gasteiger partial charge is 0.504 e. The highest BCUT2D eigenvalue weighted by atomic mass is 32.2. The number of rotatable bonds is 3. The molecular weight excluding hydrogens is 430 g/mol. The molecule has 0 saturated carbocycles. The van der Waals surface area contributed by atoms with Crippen LogP contribution >= 0.6 is 0 Å². The van der Waals surface area contributed by atoms with Crippen LogP contribution in [-0.2, 0) is 10.0 Å². The molecule has 3 N–H and O–H groups in total. The molecule has 0 heterocycles. The number of hydrogen-bond donors (Lipinski definition) is 3. The highest BCUT2D eigenvalue weighted by molar-refractivity contribution is 7.93. The van der Waals surface area contributed by atoms with Crippen LogP contribution in [0.3, 0.4) is 0 Å². The van der Waals surface area contributed by atoms with Crippen molar-refractivity contribution < 1.29 is 28.2 Å². The predicted molar refractivity (Wildman–Crippen MR) is 118 cm³/mol. The van der Waals surface area contributed by atoms with Crippen LogP contribution in [0.5, 0.6) is 11.5 Å². The third-order valence-corrected chi connectivity index (χ3v) is 6.87. The Kier molecular flexibility index (Phi) is 4.28. The number of sulfonamides is 1. The molecule has 0 amide bonds. The monoisotopic (exact) mass is 445 g/mol. The fourth-order valence-electron chi connectivity index (χ4n) is 3.93. The van der Waals surface area contributed by atoms with Gasteiger partial charge in [-0.2, -0.15) is 0 Å². The third kappa shape index (κ3) is 2.84. The van der Waals surface area contributed by atoms with E-state index >= 15 is 0 Å². The maximum Gasteiger partial charge on any atom is 0.262 e. The van der Waals surface area contributed by atoms with Gasteiger partial charge in [0.25, 0.3) is 10.0 Å². The number of phenolic OH excluding ortho intramolecular Hbond substituents is 2. The van der Waals surface area contributed by atoms with Crippen molar-refractivity contribution in [3.63, 3.8) is 0 Å². The van der Waals surface area contributed by atoms with Crippen LogP contribution < -0.4 is 4.72 Å². The second-order valence-corrected chi connectivity index (χ2v) is 8.98. The Hall–Kier alpha value is -4.17. The van der Waals surface area contributed by atoms with Gasteiger partial charge in [0.05, 0.1) is 16.1 Å². The maximum absolute atomic E-state index is 13.1. The van der Waals surface area contributed by atoms with Crippen LogP contribution in [0.4, 0.5) is 5.69 Å². The fourth-order valence-corrected chi connectivity index (χ4v) is 5.22. The Labute approximate surface area is 182 Å². The molecule has 7 nitrogen and oxygen atoms in total. The Morgan fingerprint density at radius 3 is 2.06 bits per heavy atom. The van der Waals surface area contributed by atoms with E-state index in [1.807, 2.05) is 0 Å². The molecule has 0 fully saturated rings. The zero-order chi connectivity index (χ0) is 22.6. The molecule has 0 atom stereocenters. The lowest BCUT2D eigenvalue weighted by molar-refractivity contribution is 0.0976. The minimum absolute atomic E-state index is 0.0417. The van der Waals surface area contributed by atoms with E-state index in [9.17, 15) is 28.2 Å². The average molecular weight is 445 g/mol. The summed E-state index contributed by atoms with van der Waals surface area (Å²) in [6.07, 6.45) is 0. The second-order valence-electron chi connectivity index (χ2n) is 7.33. The average Bonchev–Trinajstić information content (AvgIpc) is 2.80. The van der Waals surface area contributed by atoms with Crippen molar-refractivity contribution >= 4 is 38.0 Å². The van der Waals surface area contributed by atoms with Gasteiger partial charge in [-0.05, 0) is 17.5 Å². The van der Waals surface area contributed by atoms with Crippen LogP contribution in [0, 0.1) is 0 Å². The highest BCUT2D eigenvalue weighted by Crippen LogP contribution is 2.43. The molecule has 0 bridgehead atoms. The summed E-state index contributed by atoms with van der Waals surface area (Å²) < 4.78 is 28.5. The van der Waals surface area contributed by atoms with Crippen molar-refractivity contribution in [1.82, 2.24) is 0 Å². The van der Waals surface area contributed by atoms with Crippen molar-refractivity contribution in [3.8, 4) is 11.5 Å². The van der Waals surface area contributed by atoms with E-state index < -0.39 is 38.8 Å². The normalized spacial score (nSPS) is 13.0. The molecule has 1 aliphatic carbocycles. The smallest absolute Gasteiger partial charge is 0.262 e. The Bertz CT molecular complexity index is 1570. The number of hydrogen-bond acceptors (Lipinski definition) is 6. The summed E-state index contributed by atoms with van der Waals surface area (Å²) in [7, 11) is -4.21. The van der Waals surface area contributed by atoms with E-state index in [2.05, 4.69) is 4.72 Å². The molecule has 158 valence electrons. The van der Waals surface area contributed by atoms with E-state index in [4.69, 9.17) is 0 Å². The van der Waals surface area contributed by atoms with Crippen LogP contribution in [0.2, 0.25) is 0 Å². The summed E-state index contributed by atoms with van der Waals surface area (Å²) in [6, 6.07) is 18.8. The van der Waals surface area contributed by atoms with Gasteiger partial charge >= 0.3 is 0 Å². The molecule has 0 saturated heterocycles. The SMILES string of the molecule is O=C1c2ccccc2C(=O)c2c1cc(NS(=O)(=O)c1cccc3ccccc13)c(O)c2O. The lowest BCUT2D eigenvalue weighted by Gasteiger charge is -2.21. The lowest BCUT2D eigenvalue weighted by Crippen LogP contribution is -2.22. The molecule has 1 aliphatic rings. The van der Waals surface area contributed by atoms with Gasteiger partial charge in [-0.25, -0.2) is 8.42 Å². The van der Waals surface area contributed by atoms with E-state index in [0.717, 1.165) is 6.07 Å². The number of fused-ring (bicyclic) bond motifs is 3. The van der Waals surface area contributed by atoms with Gasteiger partial charge < -0.3 is 10.2 Å². The standard InChI is InChI=1S/C24H15NO6S/c26-21-15-9-3-4-10-16(15)22(27)20-17(21)12-18(23(28)24(20)29)25-32(30,31)19-11-5-7-13-6-1-2-8-14(13)19/h1-12,25,28-29H. The first-order chi connectivity index (χ1) is 15.3. The van der Waals surface area contributed by atoms with Gasteiger partial charge in [-0.15, -0.1) is 0 Å². The summed E-state index contributed by atoms with van der Waals surface area (Å²) in [5.41, 5.74) is -0.726. The molecule has 0 spiro atoms. The molecule has 0 aromatic heterocycles. The minimum atomic E-state index is -4.21. The van der Waals surface area contributed by atoms with Crippen LogP contribution in [0.25, 0.3) is 10.8 Å². The molecule has 0 unspecified atom stereocenters. The number of nitrogens with one attached hydrogen (secondary N) is 1. The number of carbonyl (C=O) groups excluding carboxylic acids is 2. The van der Waals surface area contributed by atoms with E-state index in [0.29, 0.717) is 10.8 Å². The molecule has 4 aromatic carbocycles. The highest BCUT2D eigenvalue weighted by Gasteiger charge is 2.35. The fraction of sp³-hybridized carbons (Fsp3) is 0. The molecule has 8 heteroatoms. The zero-order valence-corrected chi connectivity index (χ0v) is 17.2. The first kappa shape index (κ1) is 19.8. The number of aromatic hydroxyl groups is 2. The summed E-state index contributed by atoms with van der Waals surface area (Å²) in [4.78, 5) is 25.7. The summed E-state index contributed by atoms with van der Waals surface area (Å²) in [5, 5.41) is 22.2. The van der Waals surface area contributed by atoms with Crippen molar-refractivity contribution in [2.45, 2.75) is 4.90 Å². The van der Waals surface area contributed by atoms with Gasteiger partial charge in [-0.1, -0.05) is 60.7 Å². The van der Waals surface area contributed by atoms with Gasteiger partial charge in [0.2, 0.25) is 0 Å². The minimum Gasteiger partial charge on any atom is -0.504 e. The van der Waals surface area contributed by atoms with Gasteiger partial charge in [0.1, 0.15) is 0 Å². The van der Waals surface area contributed by atoms with Crippen molar-refractivity contribution in [1.29, 1.82) is 0 Å². The Morgan fingerprint density at radius 1 is 0.688 bits per heavy atom.